The molecule has 0 amide bonds. The van der Waals surface area contributed by atoms with Gasteiger partial charge in [-0.2, -0.15) is 0 Å². The zero-order valence-electron chi connectivity index (χ0n) is 10.2. The number of nitrogens with one attached hydrogen (secondary N) is 1. The number of hydrogen-bond donors (Lipinski definition) is 1. The predicted molar refractivity (Wildman–Crippen MR) is 69.0 cm³/mol. The SMILES string of the molecule is CCNCCn1nnnc1SC1C=CCCC1. The van der Waals surface area contributed by atoms with E-state index in [0.717, 1.165) is 24.8 Å². The molecule has 0 aliphatic heterocycles. The fourth-order valence-corrected chi connectivity index (χ4v) is 2.88. The van der Waals surface area contributed by atoms with Crippen LogP contribution >= 0.6 is 11.8 Å². The van der Waals surface area contributed by atoms with Crippen molar-refractivity contribution in [3.63, 3.8) is 0 Å². The smallest absolute Gasteiger partial charge is 0.209 e. The van der Waals surface area contributed by atoms with E-state index < -0.39 is 0 Å². The molecule has 0 saturated carbocycles. The molecule has 1 atom stereocenters. The van der Waals surface area contributed by atoms with Crippen LogP contribution in [0.15, 0.2) is 17.3 Å². The van der Waals surface area contributed by atoms with Crippen molar-refractivity contribution in [2.45, 2.75) is 43.1 Å². The van der Waals surface area contributed by atoms with E-state index >= 15 is 0 Å². The molecule has 0 aromatic carbocycles. The summed E-state index contributed by atoms with van der Waals surface area (Å²) in [4.78, 5) is 0. The summed E-state index contributed by atoms with van der Waals surface area (Å²) >= 11 is 1.77. The van der Waals surface area contributed by atoms with Gasteiger partial charge in [-0.1, -0.05) is 30.8 Å². The van der Waals surface area contributed by atoms with Gasteiger partial charge < -0.3 is 5.32 Å². The summed E-state index contributed by atoms with van der Waals surface area (Å²) in [6.07, 6.45) is 8.24. The quantitative estimate of drug-likeness (QED) is 0.615. The molecule has 1 unspecified atom stereocenters. The summed E-state index contributed by atoms with van der Waals surface area (Å²) in [5, 5.41) is 16.6. The summed E-state index contributed by atoms with van der Waals surface area (Å²) in [5.41, 5.74) is 0. The van der Waals surface area contributed by atoms with Gasteiger partial charge in [-0.05, 0) is 36.2 Å². The van der Waals surface area contributed by atoms with Crippen molar-refractivity contribution >= 4 is 11.8 Å². The molecular weight excluding hydrogens is 234 g/mol. The van der Waals surface area contributed by atoms with Crippen LogP contribution in [0.3, 0.4) is 0 Å². The van der Waals surface area contributed by atoms with Crippen LogP contribution in [0.2, 0.25) is 0 Å². The van der Waals surface area contributed by atoms with Gasteiger partial charge in [-0.15, -0.1) is 5.10 Å². The van der Waals surface area contributed by atoms with Gasteiger partial charge in [0.2, 0.25) is 5.16 Å². The van der Waals surface area contributed by atoms with Crippen LogP contribution in [0, 0.1) is 0 Å². The van der Waals surface area contributed by atoms with Crippen molar-refractivity contribution in [3.05, 3.63) is 12.2 Å². The van der Waals surface area contributed by atoms with E-state index in [0.29, 0.717) is 5.25 Å². The third kappa shape index (κ3) is 3.81. The predicted octanol–water partition coefficient (Wildman–Crippen LogP) is 1.48. The highest BCUT2D eigenvalue weighted by atomic mass is 32.2. The van der Waals surface area contributed by atoms with Crippen molar-refractivity contribution in [1.82, 2.24) is 25.5 Å². The third-order valence-electron chi connectivity index (χ3n) is 2.72. The number of likely N-dealkylation sites (N-methyl/N-ethyl adjacent to an activating group) is 1. The van der Waals surface area contributed by atoms with E-state index in [2.05, 4.69) is 39.9 Å². The highest BCUT2D eigenvalue weighted by Crippen LogP contribution is 2.28. The Morgan fingerprint density at radius 1 is 1.59 bits per heavy atom. The van der Waals surface area contributed by atoms with Crippen LogP contribution in [-0.2, 0) is 6.54 Å². The molecule has 1 heterocycles. The second-order valence-electron chi connectivity index (χ2n) is 4.05. The van der Waals surface area contributed by atoms with Crippen molar-refractivity contribution in [3.8, 4) is 0 Å². The summed E-state index contributed by atoms with van der Waals surface area (Å²) in [6.45, 7) is 4.83. The Hall–Kier alpha value is -0.880. The van der Waals surface area contributed by atoms with Gasteiger partial charge in [-0.25, -0.2) is 4.68 Å². The summed E-state index contributed by atoms with van der Waals surface area (Å²) in [7, 11) is 0. The minimum absolute atomic E-state index is 0.535. The molecule has 0 spiro atoms. The second-order valence-corrected chi connectivity index (χ2v) is 5.26. The molecule has 2 rings (SSSR count). The molecule has 0 saturated heterocycles. The fourth-order valence-electron chi connectivity index (χ4n) is 1.80. The van der Waals surface area contributed by atoms with Gasteiger partial charge in [-0.3, -0.25) is 0 Å². The zero-order valence-corrected chi connectivity index (χ0v) is 11.0. The molecule has 1 aromatic heterocycles. The number of rotatable bonds is 6. The fraction of sp³-hybridized carbons (Fsp3) is 0.727. The molecule has 0 radical (unpaired) electrons. The van der Waals surface area contributed by atoms with Gasteiger partial charge in [0.05, 0.1) is 6.54 Å². The minimum Gasteiger partial charge on any atom is -0.315 e. The average Bonchev–Trinajstić information content (AvgIpc) is 2.79. The summed E-state index contributed by atoms with van der Waals surface area (Å²) in [5.74, 6) is 0. The molecule has 0 bridgehead atoms. The lowest BCUT2D eigenvalue weighted by Crippen LogP contribution is -2.20. The first kappa shape index (κ1) is 12.6. The second kappa shape index (κ2) is 6.76. The lowest BCUT2D eigenvalue weighted by Gasteiger charge is -2.14. The van der Waals surface area contributed by atoms with E-state index in [9.17, 15) is 0 Å². The van der Waals surface area contributed by atoms with E-state index in [1.165, 1.54) is 19.3 Å². The highest BCUT2D eigenvalue weighted by molar-refractivity contribution is 7.99. The number of hydrogen-bond acceptors (Lipinski definition) is 5. The Balaban J connectivity index is 1.89. The molecule has 1 aliphatic rings. The van der Waals surface area contributed by atoms with E-state index in [4.69, 9.17) is 0 Å². The van der Waals surface area contributed by atoms with Gasteiger partial charge in [0.15, 0.2) is 0 Å². The van der Waals surface area contributed by atoms with E-state index in [1.54, 1.807) is 11.8 Å². The molecule has 1 aliphatic carbocycles. The van der Waals surface area contributed by atoms with Crippen molar-refractivity contribution in [2.75, 3.05) is 13.1 Å². The van der Waals surface area contributed by atoms with Crippen LogP contribution in [0.4, 0.5) is 0 Å². The van der Waals surface area contributed by atoms with Gasteiger partial charge >= 0.3 is 0 Å². The van der Waals surface area contributed by atoms with Crippen LogP contribution in [0.25, 0.3) is 0 Å². The number of aromatic nitrogens is 4. The molecule has 1 aromatic rings. The zero-order chi connectivity index (χ0) is 11.9. The number of thioether (sulfide) groups is 1. The standard InChI is InChI=1S/C11H19N5S/c1-2-12-8-9-16-11(13-14-15-16)17-10-6-4-3-5-7-10/h4,6,10,12H,2-3,5,7-9H2,1H3. The Morgan fingerprint density at radius 2 is 2.53 bits per heavy atom. The lowest BCUT2D eigenvalue weighted by atomic mass is 10.1. The number of nitrogens with zero attached hydrogens (tertiary/aromatic N) is 4. The molecular formula is C11H19N5S. The molecule has 6 heteroatoms. The molecule has 1 N–H and O–H groups in total. The van der Waals surface area contributed by atoms with Crippen molar-refractivity contribution in [2.24, 2.45) is 0 Å². The van der Waals surface area contributed by atoms with Crippen molar-refractivity contribution < 1.29 is 0 Å². The Kier molecular flexibility index (Phi) is 5.00. The van der Waals surface area contributed by atoms with Gasteiger partial charge in [0, 0.05) is 11.8 Å². The van der Waals surface area contributed by atoms with Crippen molar-refractivity contribution in [1.29, 1.82) is 0 Å². The lowest BCUT2D eigenvalue weighted by molar-refractivity contribution is 0.517. The average molecular weight is 253 g/mol. The van der Waals surface area contributed by atoms with Crippen LogP contribution < -0.4 is 5.32 Å². The maximum absolute atomic E-state index is 4.09. The van der Waals surface area contributed by atoms with E-state index in [-0.39, 0.29) is 0 Å². The molecule has 0 fully saturated rings. The van der Waals surface area contributed by atoms with E-state index in [1.807, 2.05) is 4.68 Å². The first-order chi connectivity index (χ1) is 8.40. The van der Waals surface area contributed by atoms with Gasteiger partial charge in [0.1, 0.15) is 0 Å². The maximum Gasteiger partial charge on any atom is 0.209 e. The first-order valence-corrected chi connectivity index (χ1v) is 7.08. The highest BCUT2D eigenvalue weighted by Gasteiger charge is 2.14. The molecule has 5 nitrogen and oxygen atoms in total. The normalized spacial score (nSPS) is 19.7. The van der Waals surface area contributed by atoms with Crippen LogP contribution in [0.5, 0.6) is 0 Å². The summed E-state index contributed by atoms with van der Waals surface area (Å²) in [6, 6.07) is 0. The largest absolute Gasteiger partial charge is 0.315 e. The Labute approximate surface area is 106 Å². The molecule has 17 heavy (non-hydrogen) atoms. The third-order valence-corrected chi connectivity index (χ3v) is 3.92. The summed E-state index contributed by atoms with van der Waals surface area (Å²) < 4.78 is 1.88. The number of tetrazole rings is 1. The maximum atomic E-state index is 4.09. The Morgan fingerprint density at radius 3 is 3.29 bits per heavy atom. The van der Waals surface area contributed by atoms with Crippen LogP contribution in [0.1, 0.15) is 26.2 Å². The topological polar surface area (TPSA) is 55.6 Å². The Bertz CT molecular complexity index is 362. The number of allylic oxidation sites excluding steroid dienone is 1. The van der Waals surface area contributed by atoms with Crippen LogP contribution in [-0.4, -0.2) is 38.5 Å². The minimum atomic E-state index is 0.535. The van der Waals surface area contributed by atoms with Gasteiger partial charge in [0.25, 0.3) is 0 Å². The molecule has 94 valence electrons. The monoisotopic (exact) mass is 253 g/mol. The first-order valence-electron chi connectivity index (χ1n) is 6.20.